The van der Waals surface area contributed by atoms with Crippen molar-refractivity contribution in [2.75, 3.05) is 5.32 Å². The van der Waals surface area contributed by atoms with E-state index in [2.05, 4.69) is 15.3 Å². The number of fused-ring (bicyclic) bond motifs is 1. The van der Waals surface area contributed by atoms with E-state index in [1.54, 1.807) is 30.3 Å². The molecule has 4 rings (SSSR count). The van der Waals surface area contributed by atoms with Gasteiger partial charge in [0.1, 0.15) is 23.1 Å². The first-order valence-corrected chi connectivity index (χ1v) is 8.69. The van der Waals surface area contributed by atoms with E-state index in [0.29, 0.717) is 22.1 Å². The molecule has 2 heterocycles. The van der Waals surface area contributed by atoms with Crippen LogP contribution < -0.4 is 10.1 Å². The smallest absolute Gasteiger partial charge is 0.279 e. The van der Waals surface area contributed by atoms with Gasteiger partial charge in [-0.3, -0.25) is 10.1 Å². The Morgan fingerprint density at radius 1 is 1.11 bits per heavy atom. The number of hydrogen-bond acceptors (Lipinski definition) is 6. The van der Waals surface area contributed by atoms with Crippen LogP contribution in [0.4, 0.5) is 9.52 Å². The molecule has 0 aliphatic heterocycles. The minimum absolute atomic E-state index is 0.0770. The lowest BCUT2D eigenvalue weighted by molar-refractivity contribution is 0.101. The van der Waals surface area contributed by atoms with Gasteiger partial charge in [0.05, 0.1) is 10.2 Å². The molecule has 134 valence electrons. The van der Waals surface area contributed by atoms with Crippen LogP contribution >= 0.6 is 11.3 Å². The maximum atomic E-state index is 13.3. The van der Waals surface area contributed by atoms with Crippen LogP contribution in [0.1, 0.15) is 10.5 Å². The largest absolute Gasteiger partial charge is 0.505 e. The van der Waals surface area contributed by atoms with Crippen LogP contribution in [0.2, 0.25) is 0 Å². The zero-order chi connectivity index (χ0) is 18.8. The standard InChI is InChI=1S/C19H12FN3O3S/c20-11-3-1-4-12(9-11)26-13-6-7-14-16(10-13)27-19(22-14)23-18(25)17-15(24)5-2-8-21-17/h1-10,24H,(H,22,23,25). The van der Waals surface area contributed by atoms with Gasteiger partial charge in [-0.25, -0.2) is 14.4 Å². The van der Waals surface area contributed by atoms with E-state index in [9.17, 15) is 14.3 Å². The Morgan fingerprint density at radius 2 is 1.96 bits per heavy atom. The zero-order valence-corrected chi connectivity index (χ0v) is 14.5. The second-order valence-electron chi connectivity index (χ2n) is 5.53. The van der Waals surface area contributed by atoms with Crippen LogP contribution in [0.25, 0.3) is 10.2 Å². The summed E-state index contributed by atoms with van der Waals surface area (Å²) in [5, 5.41) is 12.7. The van der Waals surface area contributed by atoms with Gasteiger partial charge >= 0.3 is 0 Å². The summed E-state index contributed by atoms with van der Waals surface area (Å²) in [5.74, 6) is -0.227. The number of rotatable bonds is 4. The first kappa shape index (κ1) is 16.9. The molecule has 0 bridgehead atoms. The highest BCUT2D eigenvalue weighted by molar-refractivity contribution is 7.22. The molecule has 0 fully saturated rings. The lowest BCUT2D eigenvalue weighted by Crippen LogP contribution is -2.13. The number of amides is 1. The summed E-state index contributed by atoms with van der Waals surface area (Å²) in [6.07, 6.45) is 1.42. The van der Waals surface area contributed by atoms with E-state index in [0.717, 1.165) is 4.70 Å². The van der Waals surface area contributed by atoms with Gasteiger partial charge in [-0.2, -0.15) is 0 Å². The summed E-state index contributed by atoms with van der Waals surface area (Å²) < 4.78 is 19.7. The van der Waals surface area contributed by atoms with Gasteiger partial charge in [0, 0.05) is 18.3 Å². The van der Waals surface area contributed by atoms with Crippen LogP contribution in [-0.4, -0.2) is 21.0 Å². The van der Waals surface area contributed by atoms with E-state index < -0.39 is 5.91 Å². The predicted octanol–water partition coefficient (Wildman–Crippen LogP) is 4.58. The monoisotopic (exact) mass is 381 g/mol. The molecule has 2 N–H and O–H groups in total. The highest BCUT2D eigenvalue weighted by Crippen LogP contribution is 2.31. The van der Waals surface area contributed by atoms with Crippen LogP contribution in [0.5, 0.6) is 17.2 Å². The Balaban J connectivity index is 1.56. The number of ether oxygens (including phenoxy) is 1. The highest BCUT2D eigenvalue weighted by Gasteiger charge is 2.15. The van der Waals surface area contributed by atoms with Crippen LogP contribution in [0.3, 0.4) is 0 Å². The van der Waals surface area contributed by atoms with E-state index in [-0.39, 0.29) is 17.3 Å². The Bertz CT molecular complexity index is 1150. The van der Waals surface area contributed by atoms with E-state index in [1.165, 1.54) is 41.8 Å². The fraction of sp³-hybridized carbons (Fsp3) is 0. The number of halogens is 1. The van der Waals surface area contributed by atoms with Crippen molar-refractivity contribution in [1.29, 1.82) is 0 Å². The third kappa shape index (κ3) is 3.70. The Kier molecular flexibility index (Phi) is 4.39. The van der Waals surface area contributed by atoms with Gasteiger partial charge < -0.3 is 9.84 Å². The third-order valence-corrected chi connectivity index (χ3v) is 4.55. The molecule has 8 heteroatoms. The van der Waals surface area contributed by atoms with Crippen molar-refractivity contribution in [1.82, 2.24) is 9.97 Å². The minimum atomic E-state index is -0.552. The van der Waals surface area contributed by atoms with Gasteiger partial charge in [-0.1, -0.05) is 17.4 Å². The van der Waals surface area contributed by atoms with Gasteiger partial charge in [0.25, 0.3) is 5.91 Å². The molecule has 0 saturated heterocycles. The fourth-order valence-electron chi connectivity index (χ4n) is 2.42. The highest BCUT2D eigenvalue weighted by atomic mass is 32.1. The van der Waals surface area contributed by atoms with Crippen LogP contribution in [0.15, 0.2) is 60.8 Å². The average molecular weight is 381 g/mol. The number of aromatic hydroxyl groups is 1. The predicted molar refractivity (Wildman–Crippen MR) is 99.9 cm³/mol. The van der Waals surface area contributed by atoms with Gasteiger partial charge in [0.15, 0.2) is 10.8 Å². The fourth-order valence-corrected chi connectivity index (χ4v) is 3.31. The van der Waals surface area contributed by atoms with Gasteiger partial charge in [-0.05, 0) is 36.4 Å². The lowest BCUT2D eigenvalue weighted by atomic mass is 10.3. The topological polar surface area (TPSA) is 84.3 Å². The quantitative estimate of drug-likeness (QED) is 0.540. The van der Waals surface area contributed by atoms with Crippen molar-refractivity contribution in [2.24, 2.45) is 0 Å². The first-order chi connectivity index (χ1) is 13.1. The molecule has 6 nitrogen and oxygen atoms in total. The second kappa shape index (κ2) is 7.00. The first-order valence-electron chi connectivity index (χ1n) is 7.88. The zero-order valence-electron chi connectivity index (χ0n) is 13.7. The van der Waals surface area contributed by atoms with Crippen LogP contribution in [0, 0.1) is 5.82 Å². The van der Waals surface area contributed by atoms with Crippen molar-refractivity contribution < 1.29 is 19.0 Å². The third-order valence-electron chi connectivity index (χ3n) is 3.61. The number of carbonyl (C=O) groups excluding carboxylic acids is 1. The second-order valence-corrected chi connectivity index (χ2v) is 6.56. The summed E-state index contributed by atoms with van der Waals surface area (Å²) in [6, 6.07) is 14.0. The molecule has 0 unspecified atom stereocenters. The molecule has 0 atom stereocenters. The summed E-state index contributed by atoms with van der Waals surface area (Å²) in [7, 11) is 0. The molecule has 2 aromatic carbocycles. The molecular formula is C19H12FN3O3S. The average Bonchev–Trinajstić information content (AvgIpc) is 3.03. The van der Waals surface area contributed by atoms with Crippen molar-refractivity contribution in [2.45, 2.75) is 0 Å². The number of hydrogen-bond donors (Lipinski definition) is 2. The molecule has 0 aliphatic rings. The molecular weight excluding hydrogens is 369 g/mol. The molecule has 0 saturated carbocycles. The number of anilines is 1. The maximum absolute atomic E-state index is 13.3. The molecule has 0 radical (unpaired) electrons. The van der Waals surface area contributed by atoms with E-state index in [4.69, 9.17) is 4.74 Å². The SMILES string of the molecule is O=C(Nc1nc2ccc(Oc3cccc(F)c3)cc2s1)c1ncccc1O. The number of carbonyl (C=O) groups is 1. The van der Waals surface area contributed by atoms with Crippen molar-refractivity contribution in [3.05, 3.63) is 72.3 Å². The van der Waals surface area contributed by atoms with Gasteiger partial charge in [-0.15, -0.1) is 0 Å². The normalized spacial score (nSPS) is 10.7. The molecule has 4 aromatic rings. The molecule has 0 spiro atoms. The van der Waals surface area contributed by atoms with Crippen molar-refractivity contribution >= 4 is 32.6 Å². The summed E-state index contributed by atoms with van der Waals surface area (Å²) in [6.45, 7) is 0. The number of thiazole rings is 1. The molecule has 27 heavy (non-hydrogen) atoms. The molecule has 0 aliphatic carbocycles. The van der Waals surface area contributed by atoms with Crippen LogP contribution in [-0.2, 0) is 0 Å². The lowest BCUT2D eigenvalue weighted by Gasteiger charge is -2.05. The number of nitrogens with one attached hydrogen (secondary N) is 1. The Hall–Kier alpha value is -3.52. The summed E-state index contributed by atoms with van der Waals surface area (Å²) in [5.41, 5.74) is 0.596. The van der Waals surface area contributed by atoms with Crippen molar-refractivity contribution in [3.8, 4) is 17.2 Å². The molecule has 1 amide bonds. The Labute approximate surface area is 156 Å². The van der Waals surface area contributed by atoms with E-state index >= 15 is 0 Å². The van der Waals surface area contributed by atoms with Gasteiger partial charge in [0.2, 0.25) is 0 Å². The number of nitrogens with zero attached hydrogens (tertiary/aromatic N) is 2. The minimum Gasteiger partial charge on any atom is -0.505 e. The van der Waals surface area contributed by atoms with Crippen molar-refractivity contribution in [3.63, 3.8) is 0 Å². The molecule has 2 aromatic heterocycles. The number of pyridine rings is 1. The Morgan fingerprint density at radius 3 is 2.78 bits per heavy atom. The number of benzene rings is 2. The summed E-state index contributed by atoms with van der Waals surface area (Å²) >= 11 is 1.25. The van der Waals surface area contributed by atoms with E-state index in [1.807, 2.05) is 0 Å². The number of aromatic nitrogens is 2. The maximum Gasteiger partial charge on any atom is 0.279 e. The summed E-state index contributed by atoms with van der Waals surface area (Å²) in [4.78, 5) is 20.4.